The zero-order valence-corrected chi connectivity index (χ0v) is 15.5. The molecule has 1 aliphatic rings. The number of carbonyl (C=O) groups is 2. The predicted molar refractivity (Wildman–Crippen MR) is 95.1 cm³/mol. The van der Waals surface area contributed by atoms with E-state index in [0.717, 1.165) is 18.5 Å². The molecule has 2 aromatic heterocycles. The molecule has 140 valence electrons. The Morgan fingerprint density at radius 1 is 1.27 bits per heavy atom. The van der Waals surface area contributed by atoms with Crippen molar-refractivity contribution in [3.63, 3.8) is 0 Å². The highest BCUT2D eigenvalue weighted by Gasteiger charge is 2.28. The van der Waals surface area contributed by atoms with Gasteiger partial charge in [-0.3, -0.25) is 4.79 Å². The molecule has 0 spiro atoms. The van der Waals surface area contributed by atoms with Gasteiger partial charge in [0.25, 0.3) is 11.6 Å². The Balaban J connectivity index is 1.63. The van der Waals surface area contributed by atoms with E-state index in [2.05, 4.69) is 20.8 Å². The Labute approximate surface area is 151 Å². The van der Waals surface area contributed by atoms with Gasteiger partial charge in [0, 0.05) is 24.7 Å². The van der Waals surface area contributed by atoms with Gasteiger partial charge in [-0.1, -0.05) is 5.16 Å². The molecule has 1 aliphatic carbocycles. The lowest BCUT2D eigenvalue weighted by Gasteiger charge is -2.19. The topological polar surface area (TPSA) is 106 Å². The third-order valence-electron chi connectivity index (χ3n) is 3.96. The van der Waals surface area contributed by atoms with Gasteiger partial charge in [0.1, 0.15) is 5.60 Å². The van der Waals surface area contributed by atoms with Gasteiger partial charge >= 0.3 is 6.09 Å². The lowest BCUT2D eigenvalue weighted by Crippen LogP contribution is -2.37. The van der Waals surface area contributed by atoms with Gasteiger partial charge in [-0.05, 0) is 46.6 Å². The van der Waals surface area contributed by atoms with Crippen molar-refractivity contribution < 1.29 is 18.8 Å². The standard InChI is InChI=1S/C18H24N4O4/c1-10-14-12(9-13(11-5-6-11)21-16(14)26-22-10)15(23)19-7-8-20-17(24)25-18(2,3)4/h9,11H,5-8H2,1-4H3,(H,19,23)(H,20,24). The molecule has 1 fully saturated rings. The third-order valence-corrected chi connectivity index (χ3v) is 3.96. The smallest absolute Gasteiger partial charge is 0.407 e. The van der Waals surface area contributed by atoms with E-state index in [-0.39, 0.29) is 19.0 Å². The van der Waals surface area contributed by atoms with Crippen LogP contribution in [0.5, 0.6) is 0 Å². The fourth-order valence-electron chi connectivity index (χ4n) is 2.63. The fraction of sp³-hybridized carbons (Fsp3) is 0.556. The number of hydrogen-bond acceptors (Lipinski definition) is 6. The highest BCUT2D eigenvalue weighted by molar-refractivity contribution is 6.06. The highest BCUT2D eigenvalue weighted by atomic mass is 16.6. The number of pyridine rings is 1. The molecule has 0 bridgehead atoms. The summed E-state index contributed by atoms with van der Waals surface area (Å²) in [6.45, 7) is 7.72. The number of amides is 2. The van der Waals surface area contributed by atoms with E-state index < -0.39 is 11.7 Å². The summed E-state index contributed by atoms with van der Waals surface area (Å²) in [6, 6.07) is 1.82. The van der Waals surface area contributed by atoms with Crippen LogP contribution in [0.15, 0.2) is 10.6 Å². The summed E-state index contributed by atoms with van der Waals surface area (Å²) in [4.78, 5) is 28.7. The number of rotatable bonds is 5. The zero-order chi connectivity index (χ0) is 18.9. The summed E-state index contributed by atoms with van der Waals surface area (Å²) in [5.41, 5.74) is 1.84. The molecule has 0 unspecified atom stereocenters. The van der Waals surface area contributed by atoms with Crippen LogP contribution >= 0.6 is 0 Å². The van der Waals surface area contributed by atoms with Gasteiger partial charge < -0.3 is 19.9 Å². The maximum absolute atomic E-state index is 12.6. The molecule has 1 saturated carbocycles. The lowest BCUT2D eigenvalue weighted by molar-refractivity contribution is 0.0526. The van der Waals surface area contributed by atoms with Crippen molar-refractivity contribution in [2.24, 2.45) is 0 Å². The van der Waals surface area contributed by atoms with E-state index >= 15 is 0 Å². The van der Waals surface area contributed by atoms with Crippen molar-refractivity contribution in [3.8, 4) is 0 Å². The van der Waals surface area contributed by atoms with Crippen LogP contribution < -0.4 is 10.6 Å². The summed E-state index contributed by atoms with van der Waals surface area (Å²) < 4.78 is 10.4. The largest absolute Gasteiger partial charge is 0.444 e. The summed E-state index contributed by atoms with van der Waals surface area (Å²) in [5.74, 6) is 0.154. The third kappa shape index (κ3) is 4.30. The lowest BCUT2D eigenvalue weighted by atomic mass is 10.1. The van der Waals surface area contributed by atoms with Gasteiger partial charge in [0.2, 0.25) is 0 Å². The van der Waals surface area contributed by atoms with Crippen molar-refractivity contribution >= 4 is 23.1 Å². The monoisotopic (exact) mass is 360 g/mol. The van der Waals surface area contributed by atoms with E-state index in [4.69, 9.17) is 9.26 Å². The average molecular weight is 360 g/mol. The van der Waals surface area contributed by atoms with E-state index in [1.165, 1.54) is 0 Å². The van der Waals surface area contributed by atoms with Gasteiger partial charge in [0.05, 0.1) is 16.6 Å². The number of alkyl carbamates (subject to hydrolysis) is 1. The van der Waals surface area contributed by atoms with Crippen molar-refractivity contribution in [2.75, 3.05) is 13.1 Å². The number of ether oxygens (including phenoxy) is 1. The van der Waals surface area contributed by atoms with Crippen LogP contribution in [0.2, 0.25) is 0 Å². The van der Waals surface area contributed by atoms with Crippen LogP contribution in [0.1, 0.15) is 61.3 Å². The van der Waals surface area contributed by atoms with Crippen LogP contribution in [-0.4, -0.2) is 40.8 Å². The summed E-state index contributed by atoms with van der Waals surface area (Å²) in [7, 11) is 0. The molecule has 2 N–H and O–H groups in total. The van der Waals surface area contributed by atoms with Crippen LogP contribution in [-0.2, 0) is 4.74 Å². The molecule has 8 heteroatoms. The Morgan fingerprint density at radius 2 is 1.96 bits per heavy atom. The maximum Gasteiger partial charge on any atom is 0.407 e. The predicted octanol–water partition coefficient (Wildman–Crippen LogP) is 2.66. The van der Waals surface area contributed by atoms with Crippen molar-refractivity contribution in [2.45, 2.75) is 52.1 Å². The van der Waals surface area contributed by atoms with Crippen molar-refractivity contribution in [1.82, 2.24) is 20.8 Å². The molecule has 0 aromatic carbocycles. The maximum atomic E-state index is 12.6. The first-order chi connectivity index (χ1) is 12.2. The van der Waals surface area contributed by atoms with Gasteiger partial charge in [-0.25, -0.2) is 9.78 Å². The number of aromatic nitrogens is 2. The molecule has 0 atom stereocenters. The number of aryl methyl sites for hydroxylation is 1. The van der Waals surface area contributed by atoms with Gasteiger partial charge in [0.15, 0.2) is 0 Å². The van der Waals surface area contributed by atoms with Crippen molar-refractivity contribution in [3.05, 3.63) is 23.0 Å². The minimum atomic E-state index is -0.555. The van der Waals surface area contributed by atoms with E-state index in [9.17, 15) is 9.59 Å². The van der Waals surface area contributed by atoms with E-state index in [0.29, 0.717) is 28.3 Å². The second-order valence-electron chi connectivity index (χ2n) is 7.50. The first kappa shape index (κ1) is 18.2. The SMILES string of the molecule is Cc1noc2nc(C3CC3)cc(C(=O)NCCNC(=O)OC(C)(C)C)c12. The Hall–Kier alpha value is -2.64. The van der Waals surface area contributed by atoms with Crippen LogP contribution in [0.25, 0.3) is 11.1 Å². The Bertz CT molecular complexity index is 834. The molecular weight excluding hydrogens is 336 g/mol. The van der Waals surface area contributed by atoms with Crippen LogP contribution in [0, 0.1) is 6.92 Å². The van der Waals surface area contributed by atoms with Gasteiger partial charge in [-0.2, -0.15) is 0 Å². The molecule has 8 nitrogen and oxygen atoms in total. The first-order valence-corrected chi connectivity index (χ1v) is 8.76. The highest BCUT2D eigenvalue weighted by Crippen LogP contribution is 2.40. The van der Waals surface area contributed by atoms with Crippen LogP contribution in [0.4, 0.5) is 4.79 Å². The summed E-state index contributed by atoms with van der Waals surface area (Å²) in [6.07, 6.45) is 1.64. The molecule has 0 radical (unpaired) electrons. The number of hydrogen-bond donors (Lipinski definition) is 2. The Morgan fingerprint density at radius 3 is 2.62 bits per heavy atom. The molecule has 26 heavy (non-hydrogen) atoms. The molecule has 2 amide bonds. The van der Waals surface area contributed by atoms with Crippen LogP contribution in [0.3, 0.4) is 0 Å². The molecule has 2 heterocycles. The molecule has 0 saturated heterocycles. The average Bonchev–Trinajstić information content (AvgIpc) is 3.33. The van der Waals surface area contributed by atoms with E-state index in [1.54, 1.807) is 27.7 Å². The number of nitrogens with one attached hydrogen (secondary N) is 2. The van der Waals surface area contributed by atoms with Crippen molar-refractivity contribution in [1.29, 1.82) is 0 Å². The second-order valence-corrected chi connectivity index (χ2v) is 7.50. The Kier molecular flexibility index (Phi) is 4.84. The quantitative estimate of drug-likeness (QED) is 0.794. The zero-order valence-electron chi connectivity index (χ0n) is 15.5. The minimum Gasteiger partial charge on any atom is -0.444 e. The number of carbonyl (C=O) groups excluding carboxylic acids is 2. The summed E-state index contributed by atoms with van der Waals surface area (Å²) in [5, 5.41) is 9.97. The molecular formula is C18H24N4O4. The normalized spacial score (nSPS) is 14.3. The van der Waals surface area contributed by atoms with Gasteiger partial charge in [-0.15, -0.1) is 0 Å². The fourth-order valence-corrected chi connectivity index (χ4v) is 2.63. The molecule has 3 rings (SSSR count). The first-order valence-electron chi connectivity index (χ1n) is 8.76. The number of fused-ring (bicyclic) bond motifs is 1. The summed E-state index contributed by atoms with van der Waals surface area (Å²) >= 11 is 0. The number of nitrogens with zero attached hydrogens (tertiary/aromatic N) is 2. The second kappa shape index (κ2) is 6.93. The molecule has 2 aromatic rings. The molecule has 0 aliphatic heterocycles. The van der Waals surface area contributed by atoms with E-state index in [1.807, 2.05) is 6.07 Å². The minimum absolute atomic E-state index is 0.239.